The molecule has 0 aromatic carbocycles. The Morgan fingerprint density at radius 2 is 1.84 bits per heavy atom. The van der Waals surface area contributed by atoms with E-state index in [1.807, 2.05) is 6.92 Å². The Hall–Kier alpha value is -0.920. The Balaban J connectivity index is 2.89. The van der Waals surface area contributed by atoms with Crippen molar-refractivity contribution >= 4 is 27.6 Å². The number of aromatic nitrogens is 2. The zero-order chi connectivity index (χ0) is 14.1. The van der Waals surface area contributed by atoms with E-state index in [2.05, 4.69) is 36.1 Å². The highest BCUT2D eigenvalue weighted by Crippen LogP contribution is 2.29. The van der Waals surface area contributed by atoms with Crippen LogP contribution in [0.1, 0.15) is 6.92 Å². The lowest BCUT2D eigenvalue weighted by Crippen LogP contribution is -2.32. The van der Waals surface area contributed by atoms with Crippen LogP contribution in [-0.2, 0) is 9.47 Å². The third kappa shape index (κ3) is 4.93. The third-order valence-corrected chi connectivity index (χ3v) is 3.28. The lowest BCUT2D eigenvalue weighted by Gasteiger charge is -2.24. The number of nitrogens with zero attached hydrogens (tertiary/aromatic N) is 3. The van der Waals surface area contributed by atoms with E-state index in [0.717, 1.165) is 35.7 Å². The van der Waals surface area contributed by atoms with Crippen molar-refractivity contribution in [1.82, 2.24) is 9.97 Å². The van der Waals surface area contributed by atoms with Gasteiger partial charge >= 0.3 is 0 Å². The van der Waals surface area contributed by atoms with Crippen LogP contribution < -0.4 is 10.2 Å². The molecule has 0 aliphatic carbocycles. The van der Waals surface area contributed by atoms with E-state index < -0.39 is 0 Å². The molecule has 6 nitrogen and oxygen atoms in total. The number of ether oxygens (including phenoxy) is 2. The van der Waals surface area contributed by atoms with Crippen LogP contribution in [-0.4, -0.2) is 57.0 Å². The number of hydrogen-bond acceptors (Lipinski definition) is 6. The maximum Gasteiger partial charge on any atom is 0.148 e. The highest BCUT2D eigenvalue weighted by atomic mass is 79.9. The monoisotopic (exact) mass is 332 g/mol. The Morgan fingerprint density at radius 3 is 2.37 bits per heavy atom. The molecule has 0 unspecified atom stereocenters. The number of nitrogens with one attached hydrogen (secondary N) is 1. The van der Waals surface area contributed by atoms with Crippen LogP contribution in [0.2, 0.25) is 0 Å². The maximum absolute atomic E-state index is 5.13. The van der Waals surface area contributed by atoms with Crippen LogP contribution in [0.3, 0.4) is 0 Å². The number of halogens is 1. The third-order valence-electron chi connectivity index (χ3n) is 2.55. The average Bonchev–Trinajstić information content (AvgIpc) is 2.42. The predicted octanol–water partition coefficient (Wildman–Crippen LogP) is 1.77. The summed E-state index contributed by atoms with van der Waals surface area (Å²) in [6.07, 6.45) is 1.56. The molecule has 0 bridgehead atoms. The largest absolute Gasteiger partial charge is 0.383 e. The van der Waals surface area contributed by atoms with Crippen molar-refractivity contribution in [2.75, 3.05) is 57.3 Å². The summed E-state index contributed by atoms with van der Waals surface area (Å²) in [6.45, 7) is 5.61. The molecule has 0 fully saturated rings. The smallest absolute Gasteiger partial charge is 0.148 e. The van der Waals surface area contributed by atoms with Gasteiger partial charge in [0.15, 0.2) is 0 Å². The fourth-order valence-electron chi connectivity index (χ4n) is 1.60. The SMILES string of the molecule is CCNc1ncnc(N(CCOC)CCOC)c1Br. The first kappa shape index (κ1) is 16.1. The predicted molar refractivity (Wildman–Crippen MR) is 79.9 cm³/mol. The van der Waals surface area contributed by atoms with Gasteiger partial charge in [-0.05, 0) is 22.9 Å². The summed E-state index contributed by atoms with van der Waals surface area (Å²) in [5.41, 5.74) is 0. The molecule has 7 heteroatoms. The molecule has 1 N–H and O–H groups in total. The highest BCUT2D eigenvalue weighted by molar-refractivity contribution is 9.10. The minimum atomic E-state index is 0.636. The fourth-order valence-corrected chi connectivity index (χ4v) is 2.19. The Bertz CT molecular complexity index is 371. The van der Waals surface area contributed by atoms with Crippen LogP contribution in [0.25, 0.3) is 0 Å². The maximum atomic E-state index is 5.13. The van der Waals surface area contributed by atoms with E-state index in [1.54, 1.807) is 20.5 Å². The van der Waals surface area contributed by atoms with Gasteiger partial charge in [-0.15, -0.1) is 0 Å². The van der Waals surface area contributed by atoms with Crippen LogP contribution in [0, 0.1) is 0 Å². The van der Waals surface area contributed by atoms with Gasteiger partial charge in [-0.3, -0.25) is 0 Å². The minimum Gasteiger partial charge on any atom is -0.383 e. The second kappa shape index (κ2) is 9.06. The van der Waals surface area contributed by atoms with Crippen molar-refractivity contribution in [3.63, 3.8) is 0 Å². The lowest BCUT2D eigenvalue weighted by atomic mass is 10.4. The second-order valence-electron chi connectivity index (χ2n) is 3.86. The van der Waals surface area contributed by atoms with E-state index in [4.69, 9.17) is 9.47 Å². The van der Waals surface area contributed by atoms with E-state index >= 15 is 0 Å². The summed E-state index contributed by atoms with van der Waals surface area (Å²) in [6, 6.07) is 0. The summed E-state index contributed by atoms with van der Waals surface area (Å²) in [4.78, 5) is 10.7. The molecule has 1 aromatic rings. The standard InChI is InChI=1S/C12H21BrN4O2/c1-4-14-11-10(13)12(16-9-15-11)17(5-7-18-2)6-8-19-3/h9H,4-8H2,1-3H3,(H,14,15,16). The van der Waals surface area contributed by atoms with Gasteiger partial charge in [-0.1, -0.05) is 0 Å². The molecule has 1 heterocycles. The van der Waals surface area contributed by atoms with Gasteiger partial charge in [0.05, 0.1) is 13.2 Å². The Kier molecular flexibility index (Phi) is 7.69. The van der Waals surface area contributed by atoms with E-state index in [0.29, 0.717) is 13.2 Å². The van der Waals surface area contributed by atoms with E-state index in [9.17, 15) is 0 Å². The zero-order valence-corrected chi connectivity index (χ0v) is 13.2. The summed E-state index contributed by atoms with van der Waals surface area (Å²) < 4.78 is 11.1. The van der Waals surface area contributed by atoms with Crippen LogP contribution in [0.5, 0.6) is 0 Å². The first-order valence-electron chi connectivity index (χ1n) is 6.21. The van der Waals surface area contributed by atoms with Crippen molar-refractivity contribution < 1.29 is 9.47 Å². The summed E-state index contributed by atoms with van der Waals surface area (Å²) in [5.74, 6) is 1.65. The average molecular weight is 333 g/mol. The van der Waals surface area contributed by atoms with Crippen molar-refractivity contribution in [3.05, 3.63) is 10.8 Å². The quantitative estimate of drug-likeness (QED) is 0.743. The molecule has 0 aliphatic rings. The van der Waals surface area contributed by atoms with E-state index in [1.165, 1.54) is 0 Å². The van der Waals surface area contributed by atoms with Crippen LogP contribution >= 0.6 is 15.9 Å². The molecule has 1 aromatic heterocycles. The topological polar surface area (TPSA) is 59.5 Å². The number of methoxy groups -OCH3 is 2. The van der Waals surface area contributed by atoms with Gasteiger partial charge in [0.25, 0.3) is 0 Å². The Labute approximate surface area is 122 Å². The molecule has 0 aliphatic heterocycles. The minimum absolute atomic E-state index is 0.636. The molecule has 19 heavy (non-hydrogen) atoms. The summed E-state index contributed by atoms with van der Waals surface area (Å²) in [7, 11) is 3.38. The molecule has 0 amide bonds. The van der Waals surface area contributed by atoms with Gasteiger partial charge in [-0.2, -0.15) is 0 Å². The molecule has 0 spiro atoms. The van der Waals surface area contributed by atoms with Crippen molar-refractivity contribution in [2.24, 2.45) is 0 Å². The van der Waals surface area contributed by atoms with Gasteiger partial charge in [0.1, 0.15) is 22.4 Å². The molecule has 0 saturated heterocycles. The van der Waals surface area contributed by atoms with Gasteiger partial charge in [0, 0.05) is 33.9 Å². The molecule has 0 radical (unpaired) electrons. The number of hydrogen-bond donors (Lipinski definition) is 1. The van der Waals surface area contributed by atoms with E-state index in [-0.39, 0.29) is 0 Å². The number of anilines is 2. The molecule has 108 valence electrons. The summed E-state index contributed by atoms with van der Waals surface area (Å²) >= 11 is 3.56. The summed E-state index contributed by atoms with van der Waals surface area (Å²) in [5, 5.41) is 3.20. The normalized spacial score (nSPS) is 10.5. The van der Waals surface area contributed by atoms with Gasteiger partial charge in [0.2, 0.25) is 0 Å². The molecular weight excluding hydrogens is 312 g/mol. The molecular formula is C12H21BrN4O2. The van der Waals surface area contributed by atoms with Crippen LogP contribution in [0.4, 0.5) is 11.6 Å². The number of rotatable bonds is 9. The molecule has 0 saturated carbocycles. The fraction of sp³-hybridized carbons (Fsp3) is 0.667. The first-order valence-corrected chi connectivity index (χ1v) is 7.01. The lowest BCUT2D eigenvalue weighted by molar-refractivity contribution is 0.190. The van der Waals surface area contributed by atoms with Crippen molar-refractivity contribution in [3.8, 4) is 0 Å². The second-order valence-corrected chi connectivity index (χ2v) is 4.66. The molecule has 1 rings (SSSR count). The van der Waals surface area contributed by atoms with Crippen molar-refractivity contribution in [2.45, 2.75) is 6.92 Å². The van der Waals surface area contributed by atoms with Crippen molar-refractivity contribution in [1.29, 1.82) is 0 Å². The van der Waals surface area contributed by atoms with Crippen LogP contribution in [0.15, 0.2) is 10.8 Å². The zero-order valence-electron chi connectivity index (χ0n) is 11.6. The molecule has 0 atom stereocenters. The first-order chi connectivity index (χ1) is 9.24. The Morgan fingerprint density at radius 1 is 1.21 bits per heavy atom. The van der Waals surface area contributed by atoms with Gasteiger partial charge in [-0.25, -0.2) is 9.97 Å². The highest BCUT2D eigenvalue weighted by Gasteiger charge is 2.15. The van der Waals surface area contributed by atoms with Gasteiger partial charge < -0.3 is 19.7 Å².